The van der Waals surface area contributed by atoms with Gasteiger partial charge >= 0.3 is 5.97 Å². The van der Waals surface area contributed by atoms with Gasteiger partial charge in [0.25, 0.3) is 0 Å². The molecule has 112 valence electrons. The molecule has 2 aromatic rings. The zero-order valence-corrected chi connectivity index (χ0v) is 11.9. The van der Waals surface area contributed by atoms with Crippen LogP contribution in [0.25, 0.3) is 5.52 Å². The van der Waals surface area contributed by atoms with E-state index in [2.05, 4.69) is 4.98 Å². The average Bonchev–Trinajstić information content (AvgIpc) is 2.77. The number of hydrogen-bond donors (Lipinski definition) is 2. The van der Waals surface area contributed by atoms with Crippen LogP contribution in [0, 0.1) is 0 Å². The highest BCUT2D eigenvalue weighted by Gasteiger charge is 2.29. The molecular formula is C13H14N2O5S. The second kappa shape index (κ2) is 4.73. The molecular weight excluding hydrogens is 296 g/mol. The van der Waals surface area contributed by atoms with Crippen LogP contribution in [0.2, 0.25) is 0 Å². The predicted molar refractivity (Wildman–Crippen MR) is 74.4 cm³/mol. The number of carbonyl (C=O) groups is 1. The lowest BCUT2D eigenvalue weighted by atomic mass is 10.0. The lowest BCUT2D eigenvalue weighted by Crippen LogP contribution is -2.23. The lowest BCUT2D eigenvalue weighted by Gasteiger charge is -2.20. The van der Waals surface area contributed by atoms with Crippen molar-refractivity contribution in [2.75, 3.05) is 11.5 Å². The summed E-state index contributed by atoms with van der Waals surface area (Å²) in [7, 11) is -2.99. The number of imidazole rings is 1. The van der Waals surface area contributed by atoms with Crippen molar-refractivity contribution in [3.8, 4) is 5.75 Å². The molecule has 0 aromatic carbocycles. The molecule has 21 heavy (non-hydrogen) atoms. The number of pyridine rings is 1. The first-order valence-corrected chi connectivity index (χ1v) is 8.34. The molecule has 1 aliphatic rings. The molecule has 0 unspecified atom stereocenters. The smallest absolute Gasteiger partial charge is 0.356 e. The number of nitrogens with zero attached hydrogens (tertiary/aromatic N) is 2. The van der Waals surface area contributed by atoms with Gasteiger partial charge in [-0.15, -0.1) is 0 Å². The Morgan fingerprint density at radius 2 is 2.00 bits per heavy atom. The molecule has 0 amide bonds. The van der Waals surface area contributed by atoms with E-state index in [0.29, 0.717) is 24.2 Å². The third-order valence-electron chi connectivity index (χ3n) is 3.78. The Kier molecular flexibility index (Phi) is 3.12. The molecule has 1 fully saturated rings. The van der Waals surface area contributed by atoms with Crippen molar-refractivity contribution in [1.29, 1.82) is 0 Å². The van der Waals surface area contributed by atoms with Crippen LogP contribution in [0.1, 0.15) is 35.1 Å². The van der Waals surface area contributed by atoms with Gasteiger partial charge in [-0.3, -0.25) is 0 Å². The van der Waals surface area contributed by atoms with Gasteiger partial charge in [-0.05, 0) is 18.9 Å². The number of carboxylic acid groups (broad SMARTS) is 1. The van der Waals surface area contributed by atoms with Gasteiger partial charge in [-0.25, -0.2) is 18.2 Å². The summed E-state index contributed by atoms with van der Waals surface area (Å²) in [6.07, 6.45) is 2.42. The van der Waals surface area contributed by atoms with Crippen LogP contribution in [0.15, 0.2) is 18.3 Å². The molecule has 1 aliphatic heterocycles. The summed E-state index contributed by atoms with van der Waals surface area (Å²) in [4.78, 5) is 15.4. The maximum atomic E-state index is 11.5. The van der Waals surface area contributed by atoms with Crippen molar-refractivity contribution >= 4 is 21.3 Å². The Morgan fingerprint density at radius 1 is 1.33 bits per heavy atom. The highest BCUT2D eigenvalue weighted by atomic mass is 32.2. The van der Waals surface area contributed by atoms with E-state index in [1.165, 1.54) is 12.1 Å². The Morgan fingerprint density at radius 3 is 2.62 bits per heavy atom. The summed E-state index contributed by atoms with van der Waals surface area (Å²) >= 11 is 0. The summed E-state index contributed by atoms with van der Waals surface area (Å²) in [5.74, 6) is -0.591. The predicted octanol–water partition coefficient (Wildman–Crippen LogP) is 1.03. The first-order valence-electron chi connectivity index (χ1n) is 6.52. The van der Waals surface area contributed by atoms with E-state index in [4.69, 9.17) is 0 Å². The number of aromatic hydroxyl groups is 1. The highest BCUT2D eigenvalue weighted by molar-refractivity contribution is 7.91. The van der Waals surface area contributed by atoms with Gasteiger partial charge in [0.2, 0.25) is 0 Å². The Hall–Kier alpha value is -2.09. The molecule has 2 aromatic heterocycles. The number of hydrogen-bond acceptors (Lipinski definition) is 5. The number of sulfone groups is 1. The van der Waals surface area contributed by atoms with E-state index < -0.39 is 15.8 Å². The summed E-state index contributed by atoms with van der Waals surface area (Å²) in [6.45, 7) is 0. The zero-order valence-electron chi connectivity index (χ0n) is 11.1. The Labute approximate surface area is 120 Å². The molecule has 0 spiro atoms. The minimum absolute atomic E-state index is 0.0392. The second-order valence-corrected chi connectivity index (χ2v) is 7.49. The van der Waals surface area contributed by atoms with E-state index in [1.54, 1.807) is 10.6 Å². The molecule has 0 radical (unpaired) electrons. The van der Waals surface area contributed by atoms with Crippen LogP contribution >= 0.6 is 0 Å². The van der Waals surface area contributed by atoms with Gasteiger partial charge in [0.05, 0.1) is 17.0 Å². The standard InChI is InChI=1S/C13H14N2O5S/c16-9-1-4-15-10(7-9)11(13(17)18)14-12(15)8-2-5-21(19,20)6-3-8/h1,4,7-8,16H,2-3,5-6H2,(H,17,18). The molecule has 0 atom stereocenters. The van der Waals surface area contributed by atoms with Crippen molar-refractivity contribution in [3.63, 3.8) is 0 Å². The fourth-order valence-corrected chi connectivity index (χ4v) is 4.18. The van der Waals surface area contributed by atoms with E-state index >= 15 is 0 Å². The largest absolute Gasteiger partial charge is 0.508 e. The van der Waals surface area contributed by atoms with Gasteiger partial charge in [0.1, 0.15) is 21.4 Å². The Balaban J connectivity index is 2.09. The quantitative estimate of drug-likeness (QED) is 0.857. The van der Waals surface area contributed by atoms with Crippen LogP contribution in [-0.4, -0.2) is 45.5 Å². The van der Waals surface area contributed by atoms with E-state index in [0.717, 1.165) is 0 Å². The molecule has 0 bridgehead atoms. The number of aromatic carboxylic acids is 1. The SMILES string of the molecule is O=C(O)c1nc(C2CCS(=O)(=O)CC2)n2ccc(O)cc12. The molecule has 3 rings (SSSR count). The van der Waals surface area contributed by atoms with Gasteiger partial charge in [-0.1, -0.05) is 0 Å². The van der Waals surface area contributed by atoms with Crippen LogP contribution < -0.4 is 0 Å². The maximum absolute atomic E-state index is 11.5. The van der Waals surface area contributed by atoms with Crippen LogP contribution in [-0.2, 0) is 9.84 Å². The van der Waals surface area contributed by atoms with Gasteiger partial charge < -0.3 is 14.6 Å². The van der Waals surface area contributed by atoms with Gasteiger partial charge in [0, 0.05) is 18.2 Å². The normalized spacial score (nSPS) is 18.9. The van der Waals surface area contributed by atoms with Crippen LogP contribution in [0.4, 0.5) is 0 Å². The molecule has 0 aliphatic carbocycles. The zero-order chi connectivity index (χ0) is 15.2. The Bertz CT molecular complexity index is 810. The third kappa shape index (κ3) is 2.46. The average molecular weight is 310 g/mol. The first-order chi connectivity index (χ1) is 9.87. The fraction of sp³-hybridized carbons (Fsp3) is 0.385. The minimum Gasteiger partial charge on any atom is -0.508 e. The fourth-order valence-electron chi connectivity index (χ4n) is 2.69. The second-order valence-electron chi connectivity index (χ2n) is 5.19. The van der Waals surface area contributed by atoms with Crippen LogP contribution in [0.3, 0.4) is 0 Å². The summed E-state index contributed by atoms with van der Waals surface area (Å²) < 4.78 is 24.6. The molecule has 2 N–H and O–H groups in total. The summed E-state index contributed by atoms with van der Waals surface area (Å²) in [6, 6.07) is 2.79. The highest BCUT2D eigenvalue weighted by Crippen LogP contribution is 2.31. The van der Waals surface area contributed by atoms with E-state index in [-0.39, 0.29) is 28.9 Å². The minimum atomic E-state index is -2.99. The molecule has 3 heterocycles. The van der Waals surface area contributed by atoms with E-state index in [9.17, 15) is 23.4 Å². The number of rotatable bonds is 2. The third-order valence-corrected chi connectivity index (χ3v) is 5.49. The molecule has 7 nitrogen and oxygen atoms in total. The summed E-state index contributed by atoms with van der Waals surface area (Å²) in [5.41, 5.74) is 0.181. The van der Waals surface area contributed by atoms with Crippen molar-refractivity contribution in [2.45, 2.75) is 18.8 Å². The van der Waals surface area contributed by atoms with E-state index in [1.807, 2.05) is 0 Å². The topological polar surface area (TPSA) is 109 Å². The van der Waals surface area contributed by atoms with Crippen molar-refractivity contribution in [2.24, 2.45) is 0 Å². The van der Waals surface area contributed by atoms with Crippen molar-refractivity contribution in [3.05, 3.63) is 29.8 Å². The maximum Gasteiger partial charge on any atom is 0.356 e. The van der Waals surface area contributed by atoms with Crippen LogP contribution in [0.5, 0.6) is 5.75 Å². The molecule has 8 heteroatoms. The summed E-state index contributed by atoms with van der Waals surface area (Å²) in [5, 5.41) is 18.7. The van der Waals surface area contributed by atoms with Crippen molar-refractivity contribution < 1.29 is 23.4 Å². The van der Waals surface area contributed by atoms with Crippen molar-refractivity contribution in [1.82, 2.24) is 9.38 Å². The number of aromatic nitrogens is 2. The van der Waals surface area contributed by atoms with Gasteiger partial charge in [-0.2, -0.15) is 0 Å². The first kappa shape index (κ1) is 13.9. The number of carboxylic acids is 1. The lowest BCUT2D eigenvalue weighted by molar-refractivity contribution is 0.0693. The number of fused-ring (bicyclic) bond motifs is 1. The monoisotopic (exact) mass is 310 g/mol. The molecule has 0 saturated carbocycles. The van der Waals surface area contributed by atoms with Gasteiger partial charge in [0.15, 0.2) is 5.69 Å². The molecule has 1 saturated heterocycles.